The smallest absolute Gasteiger partial charge is 0.129 e. The first-order chi connectivity index (χ1) is 7.22. The number of halogens is 3. The zero-order valence-electron chi connectivity index (χ0n) is 8.31. The number of hydrogen-bond donors (Lipinski definition) is 0. The van der Waals surface area contributed by atoms with Crippen LogP contribution in [0.4, 0.5) is 8.78 Å². The van der Waals surface area contributed by atoms with Crippen molar-refractivity contribution in [3.8, 4) is 5.75 Å². The molecular weight excluding hydrogens is 222 g/mol. The normalized spacial score (nSPS) is 10.3. The summed E-state index contributed by atoms with van der Waals surface area (Å²) in [5, 5.41) is 0. The molecule has 84 valence electrons. The molecule has 0 saturated heterocycles. The van der Waals surface area contributed by atoms with Gasteiger partial charge in [0.1, 0.15) is 17.4 Å². The molecule has 1 aromatic carbocycles. The van der Waals surface area contributed by atoms with E-state index in [1.165, 1.54) is 12.1 Å². The average molecular weight is 235 g/mol. The molecule has 0 saturated carbocycles. The first-order valence-corrected chi connectivity index (χ1v) is 5.40. The highest BCUT2D eigenvalue weighted by molar-refractivity contribution is 6.17. The second-order valence-electron chi connectivity index (χ2n) is 3.20. The lowest BCUT2D eigenvalue weighted by atomic mass is 10.2. The molecule has 0 aliphatic carbocycles. The zero-order chi connectivity index (χ0) is 11.1. The van der Waals surface area contributed by atoms with Crippen molar-refractivity contribution in [2.45, 2.75) is 19.3 Å². The molecular formula is C11H13ClF2O. The molecule has 0 aliphatic heterocycles. The Morgan fingerprint density at radius 3 is 2.27 bits per heavy atom. The maximum Gasteiger partial charge on any atom is 0.129 e. The van der Waals surface area contributed by atoms with Gasteiger partial charge in [-0.15, -0.1) is 11.6 Å². The lowest BCUT2D eigenvalue weighted by molar-refractivity contribution is 0.303. The van der Waals surface area contributed by atoms with Crippen molar-refractivity contribution in [2.24, 2.45) is 0 Å². The maximum atomic E-state index is 12.7. The van der Waals surface area contributed by atoms with Gasteiger partial charge in [-0.2, -0.15) is 0 Å². The maximum absolute atomic E-state index is 12.7. The fraction of sp³-hybridized carbons (Fsp3) is 0.455. The van der Waals surface area contributed by atoms with Crippen molar-refractivity contribution < 1.29 is 13.5 Å². The van der Waals surface area contributed by atoms with Gasteiger partial charge < -0.3 is 4.74 Å². The summed E-state index contributed by atoms with van der Waals surface area (Å²) < 4.78 is 30.6. The number of unbranched alkanes of at least 4 members (excludes halogenated alkanes) is 2. The molecule has 0 atom stereocenters. The van der Waals surface area contributed by atoms with Crippen molar-refractivity contribution in [3.63, 3.8) is 0 Å². The minimum absolute atomic E-state index is 0.235. The van der Waals surface area contributed by atoms with E-state index in [1.54, 1.807) is 0 Å². The summed E-state index contributed by atoms with van der Waals surface area (Å²) in [6, 6.07) is 3.16. The van der Waals surface area contributed by atoms with Crippen LogP contribution in [0.25, 0.3) is 0 Å². The summed E-state index contributed by atoms with van der Waals surface area (Å²) in [5.41, 5.74) is 0. The Balaban J connectivity index is 2.31. The van der Waals surface area contributed by atoms with Gasteiger partial charge in [0.15, 0.2) is 0 Å². The zero-order valence-corrected chi connectivity index (χ0v) is 9.07. The Kier molecular flexibility index (Phi) is 5.40. The average Bonchev–Trinajstić information content (AvgIpc) is 2.16. The van der Waals surface area contributed by atoms with E-state index in [4.69, 9.17) is 16.3 Å². The molecule has 15 heavy (non-hydrogen) atoms. The Morgan fingerprint density at radius 1 is 1.00 bits per heavy atom. The number of ether oxygens (including phenoxy) is 1. The third-order valence-electron chi connectivity index (χ3n) is 1.88. The molecule has 0 radical (unpaired) electrons. The van der Waals surface area contributed by atoms with E-state index >= 15 is 0 Å². The summed E-state index contributed by atoms with van der Waals surface area (Å²) in [4.78, 5) is 0. The van der Waals surface area contributed by atoms with Crippen molar-refractivity contribution in [2.75, 3.05) is 12.5 Å². The van der Waals surface area contributed by atoms with E-state index in [0.717, 1.165) is 25.3 Å². The predicted octanol–water partition coefficient (Wildman–Crippen LogP) is 3.75. The highest BCUT2D eigenvalue weighted by Crippen LogP contribution is 2.15. The van der Waals surface area contributed by atoms with Crippen LogP contribution in [0, 0.1) is 11.6 Å². The summed E-state index contributed by atoms with van der Waals surface area (Å²) in [5.74, 6) is -0.371. The lowest BCUT2D eigenvalue weighted by Crippen LogP contribution is -1.98. The lowest BCUT2D eigenvalue weighted by Gasteiger charge is -2.05. The second-order valence-corrected chi connectivity index (χ2v) is 3.58. The van der Waals surface area contributed by atoms with Crippen LogP contribution in [-0.2, 0) is 0 Å². The summed E-state index contributed by atoms with van der Waals surface area (Å²) in [6.07, 6.45) is 2.73. The first kappa shape index (κ1) is 12.2. The molecule has 0 fully saturated rings. The molecule has 1 nitrogen and oxygen atoms in total. The monoisotopic (exact) mass is 234 g/mol. The third kappa shape index (κ3) is 4.98. The SMILES string of the molecule is Fc1cc(F)cc(OCCCCCCl)c1. The molecule has 0 unspecified atom stereocenters. The van der Waals surface area contributed by atoms with Crippen LogP contribution in [0.1, 0.15) is 19.3 Å². The first-order valence-electron chi connectivity index (χ1n) is 4.87. The molecule has 0 aromatic heterocycles. The van der Waals surface area contributed by atoms with Gasteiger partial charge >= 0.3 is 0 Å². The Hall–Kier alpha value is -0.830. The minimum Gasteiger partial charge on any atom is -0.493 e. The van der Waals surface area contributed by atoms with Crippen molar-refractivity contribution in [3.05, 3.63) is 29.8 Å². The van der Waals surface area contributed by atoms with Gasteiger partial charge in [-0.25, -0.2) is 8.78 Å². The Labute approximate surface area is 93.0 Å². The standard InChI is InChI=1S/C11H13ClF2O/c12-4-2-1-3-5-15-11-7-9(13)6-10(14)8-11/h6-8H,1-5H2. The molecule has 1 aromatic rings. The molecule has 0 spiro atoms. The van der Waals surface area contributed by atoms with Crippen molar-refractivity contribution in [1.82, 2.24) is 0 Å². The highest BCUT2D eigenvalue weighted by atomic mass is 35.5. The second kappa shape index (κ2) is 6.62. The largest absolute Gasteiger partial charge is 0.493 e. The van der Waals surface area contributed by atoms with E-state index in [0.29, 0.717) is 12.5 Å². The van der Waals surface area contributed by atoms with E-state index in [-0.39, 0.29) is 5.75 Å². The quantitative estimate of drug-likeness (QED) is 0.538. The van der Waals surface area contributed by atoms with Crippen LogP contribution in [0.5, 0.6) is 5.75 Å². The molecule has 0 heterocycles. The topological polar surface area (TPSA) is 9.23 Å². The van der Waals surface area contributed by atoms with Gasteiger partial charge in [0.25, 0.3) is 0 Å². The molecule has 0 bridgehead atoms. The van der Waals surface area contributed by atoms with Crippen LogP contribution in [0.3, 0.4) is 0 Å². The summed E-state index contributed by atoms with van der Waals surface area (Å²) in [6.45, 7) is 0.458. The van der Waals surface area contributed by atoms with E-state index in [1.807, 2.05) is 0 Å². The fourth-order valence-electron chi connectivity index (χ4n) is 1.18. The van der Waals surface area contributed by atoms with Gasteiger partial charge in [0.05, 0.1) is 6.61 Å². The fourth-order valence-corrected chi connectivity index (χ4v) is 1.36. The van der Waals surface area contributed by atoms with E-state index < -0.39 is 11.6 Å². The van der Waals surface area contributed by atoms with Crippen LogP contribution in [-0.4, -0.2) is 12.5 Å². The van der Waals surface area contributed by atoms with Crippen LogP contribution in [0.2, 0.25) is 0 Å². The highest BCUT2D eigenvalue weighted by Gasteiger charge is 2.00. The number of alkyl halides is 1. The Morgan fingerprint density at radius 2 is 1.67 bits per heavy atom. The molecule has 1 rings (SSSR count). The number of rotatable bonds is 6. The van der Waals surface area contributed by atoms with Gasteiger partial charge in [-0.05, 0) is 19.3 Å². The minimum atomic E-state index is -0.620. The van der Waals surface area contributed by atoms with Gasteiger partial charge in [-0.3, -0.25) is 0 Å². The van der Waals surface area contributed by atoms with Crippen molar-refractivity contribution >= 4 is 11.6 Å². The number of hydrogen-bond acceptors (Lipinski definition) is 1. The Bertz CT molecular complexity index is 284. The van der Waals surface area contributed by atoms with Gasteiger partial charge in [0.2, 0.25) is 0 Å². The van der Waals surface area contributed by atoms with Gasteiger partial charge in [-0.1, -0.05) is 0 Å². The summed E-state index contributed by atoms with van der Waals surface area (Å²) in [7, 11) is 0. The molecule has 0 aliphatic rings. The van der Waals surface area contributed by atoms with E-state index in [2.05, 4.69) is 0 Å². The molecule has 4 heteroatoms. The molecule has 0 amide bonds. The van der Waals surface area contributed by atoms with Gasteiger partial charge in [0, 0.05) is 24.1 Å². The van der Waals surface area contributed by atoms with Crippen molar-refractivity contribution in [1.29, 1.82) is 0 Å². The van der Waals surface area contributed by atoms with Crippen LogP contribution in [0.15, 0.2) is 18.2 Å². The number of benzene rings is 1. The van der Waals surface area contributed by atoms with E-state index in [9.17, 15) is 8.78 Å². The third-order valence-corrected chi connectivity index (χ3v) is 2.15. The molecule has 0 N–H and O–H groups in total. The summed E-state index contributed by atoms with van der Waals surface area (Å²) >= 11 is 5.50. The predicted molar refractivity (Wildman–Crippen MR) is 56.4 cm³/mol. The van der Waals surface area contributed by atoms with Crippen LogP contribution >= 0.6 is 11.6 Å². The van der Waals surface area contributed by atoms with Crippen LogP contribution < -0.4 is 4.74 Å².